The molecule has 2 N–H and O–H groups in total. The van der Waals surface area contributed by atoms with Crippen LogP contribution in [0.15, 0.2) is 48.5 Å². The molecule has 4 rings (SSSR count). The lowest BCUT2D eigenvalue weighted by Gasteiger charge is -2.34. The van der Waals surface area contributed by atoms with Crippen LogP contribution in [0.2, 0.25) is 0 Å². The van der Waals surface area contributed by atoms with Gasteiger partial charge in [0.05, 0.1) is 7.11 Å². The van der Waals surface area contributed by atoms with E-state index in [1.807, 2.05) is 42.5 Å². The van der Waals surface area contributed by atoms with E-state index in [0.29, 0.717) is 18.7 Å². The molecule has 0 unspecified atom stereocenters. The molecule has 0 radical (unpaired) electrons. The molecule has 1 aliphatic carbocycles. The summed E-state index contributed by atoms with van der Waals surface area (Å²) in [5, 5.41) is 5.70. The summed E-state index contributed by atoms with van der Waals surface area (Å²) < 4.78 is 5.30. The van der Waals surface area contributed by atoms with Crippen molar-refractivity contribution in [3.05, 3.63) is 65.2 Å². The van der Waals surface area contributed by atoms with Gasteiger partial charge in [0.25, 0.3) is 5.91 Å². The maximum absolute atomic E-state index is 13.5. The molecule has 0 aromatic heterocycles. The highest BCUT2D eigenvalue weighted by Crippen LogP contribution is 2.41. The van der Waals surface area contributed by atoms with E-state index in [9.17, 15) is 14.4 Å². The summed E-state index contributed by atoms with van der Waals surface area (Å²) in [6, 6.07) is 13.6. The van der Waals surface area contributed by atoms with Gasteiger partial charge in [0, 0.05) is 6.54 Å². The normalized spacial score (nSPS) is 21.2. The smallest absolute Gasteiger partial charge is 0.326 e. The molecule has 7 nitrogen and oxygen atoms in total. The van der Waals surface area contributed by atoms with Crippen molar-refractivity contribution in [1.29, 1.82) is 0 Å². The molecular weight excluding hydrogens is 382 g/mol. The van der Waals surface area contributed by atoms with Crippen molar-refractivity contribution in [2.75, 3.05) is 7.11 Å². The summed E-state index contributed by atoms with van der Waals surface area (Å²) in [7, 11) is 1.60. The molecule has 2 atom stereocenters. The summed E-state index contributed by atoms with van der Waals surface area (Å²) in [6.07, 6.45) is 2.07. The topological polar surface area (TPSA) is 87.7 Å². The van der Waals surface area contributed by atoms with Crippen LogP contribution in [-0.4, -0.2) is 35.9 Å². The first-order valence-electron chi connectivity index (χ1n) is 10.1. The number of imide groups is 1. The SMILES string of the molecule is COc1ccc2c(c1)CCC[C@]21NC(=O)N([C@H](C)C(=O)NCc2ccccc2)C1=O. The van der Waals surface area contributed by atoms with Crippen molar-refractivity contribution in [3.63, 3.8) is 0 Å². The van der Waals surface area contributed by atoms with Crippen LogP contribution < -0.4 is 15.4 Å². The van der Waals surface area contributed by atoms with Crippen molar-refractivity contribution >= 4 is 17.8 Å². The molecular formula is C23H25N3O4. The molecule has 1 aliphatic heterocycles. The number of benzene rings is 2. The standard InChI is InChI=1S/C23H25N3O4/c1-15(20(27)24-14-16-7-4-3-5-8-16)26-21(28)23(25-22(26)29)12-6-9-17-13-18(30-2)10-11-19(17)23/h3-5,7-8,10-11,13,15H,6,9,12,14H2,1-2H3,(H,24,27)(H,25,29)/t15-,23+/m1/s1. The summed E-state index contributed by atoms with van der Waals surface area (Å²) in [6.45, 7) is 1.91. The zero-order valence-electron chi connectivity index (χ0n) is 17.1. The summed E-state index contributed by atoms with van der Waals surface area (Å²) >= 11 is 0. The fourth-order valence-electron chi connectivity index (χ4n) is 4.35. The number of methoxy groups -OCH3 is 1. The number of fused-ring (bicyclic) bond motifs is 2. The van der Waals surface area contributed by atoms with Crippen LogP contribution in [0.1, 0.15) is 36.5 Å². The molecule has 156 valence electrons. The minimum Gasteiger partial charge on any atom is -0.497 e. The Balaban J connectivity index is 1.55. The van der Waals surface area contributed by atoms with E-state index in [1.165, 1.54) is 0 Å². The monoisotopic (exact) mass is 407 g/mol. The average molecular weight is 407 g/mol. The van der Waals surface area contributed by atoms with E-state index in [0.717, 1.165) is 34.4 Å². The largest absolute Gasteiger partial charge is 0.497 e. The Morgan fingerprint density at radius 2 is 2.00 bits per heavy atom. The lowest BCUT2D eigenvalue weighted by molar-refractivity contribution is -0.138. The van der Waals surface area contributed by atoms with Crippen molar-refractivity contribution in [2.45, 2.75) is 44.3 Å². The molecule has 1 heterocycles. The van der Waals surface area contributed by atoms with Gasteiger partial charge in [0.1, 0.15) is 17.3 Å². The molecule has 0 bridgehead atoms. The second-order valence-electron chi connectivity index (χ2n) is 7.77. The molecule has 0 saturated carbocycles. The zero-order valence-corrected chi connectivity index (χ0v) is 17.1. The maximum Gasteiger partial charge on any atom is 0.326 e. The Labute approximate surface area is 175 Å². The lowest BCUT2D eigenvalue weighted by atomic mass is 9.76. The second kappa shape index (κ2) is 7.82. The van der Waals surface area contributed by atoms with Crippen LogP contribution >= 0.6 is 0 Å². The van der Waals surface area contributed by atoms with Crippen LogP contribution in [0, 0.1) is 0 Å². The van der Waals surface area contributed by atoms with Gasteiger partial charge in [0.2, 0.25) is 5.91 Å². The van der Waals surface area contributed by atoms with Crippen molar-refractivity contribution in [2.24, 2.45) is 0 Å². The van der Waals surface area contributed by atoms with Crippen LogP contribution in [0.25, 0.3) is 0 Å². The fourth-order valence-corrected chi connectivity index (χ4v) is 4.35. The van der Waals surface area contributed by atoms with E-state index in [1.54, 1.807) is 20.1 Å². The summed E-state index contributed by atoms with van der Waals surface area (Å²) in [5.41, 5.74) is 1.59. The van der Waals surface area contributed by atoms with Crippen LogP contribution in [0.3, 0.4) is 0 Å². The first-order chi connectivity index (χ1) is 14.5. The molecule has 2 aromatic carbocycles. The zero-order chi connectivity index (χ0) is 21.3. The van der Waals surface area contributed by atoms with Gasteiger partial charge in [-0.05, 0) is 55.0 Å². The van der Waals surface area contributed by atoms with Gasteiger partial charge < -0.3 is 15.4 Å². The van der Waals surface area contributed by atoms with Crippen LogP contribution in [0.4, 0.5) is 4.79 Å². The molecule has 2 aliphatic rings. The molecule has 4 amide bonds. The Morgan fingerprint density at radius 1 is 1.23 bits per heavy atom. The van der Waals surface area contributed by atoms with Crippen LogP contribution in [-0.2, 0) is 28.1 Å². The summed E-state index contributed by atoms with van der Waals surface area (Å²) in [5.74, 6) is -0.0285. The second-order valence-corrected chi connectivity index (χ2v) is 7.77. The highest BCUT2D eigenvalue weighted by Gasteiger charge is 2.56. The van der Waals surface area contributed by atoms with Gasteiger partial charge in [-0.3, -0.25) is 9.59 Å². The number of amides is 4. The lowest BCUT2D eigenvalue weighted by Crippen LogP contribution is -2.50. The molecule has 1 saturated heterocycles. The quantitative estimate of drug-likeness (QED) is 0.746. The van der Waals surface area contributed by atoms with Gasteiger partial charge in [-0.15, -0.1) is 0 Å². The Hall–Kier alpha value is -3.35. The molecule has 7 heteroatoms. The number of hydrogen-bond donors (Lipinski definition) is 2. The molecule has 2 aromatic rings. The van der Waals surface area contributed by atoms with Gasteiger partial charge >= 0.3 is 6.03 Å². The van der Waals surface area contributed by atoms with Crippen LogP contribution in [0.5, 0.6) is 5.75 Å². The fraction of sp³-hybridized carbons (Fsp3) is 0.348. The Bertz CT molecular complexity index is 991. The molecule has 30 heavy (non-hydrogen) atoms. The first kappa shape index (κ1) is 19.9. The Morgan fingerprint density at radius 3 is 2.73 bits per heavy atom. The van der Waals surface area contributed by atoms with Crippen molar-refractivity contribution in [1.82, 2.24) is 15.5 Å². The van der Waals surface area contributed by atoms with Gasteiger partial charge in [-0.25, -0.2) is 9.69 Å². The van der Waals surface area contributed by atoms with E-state index in [-0.39, 0.29) is 11.8 Å². The number of urea groups is 1. The predicted octanol–water partition coefficient (Wildman–Crippen LogP) is 2.48. The number of rotatable bonds is 5. The number of aryl methyl sites for hydroxylation is 1. The van der Waals surface area contributed by atoms with E-state index in [2.05, 4.69) is 10.6 Å². The summed E-state index contributed by atoms with van der Waals surface area (Å²) in [4.78, 5) is 40.0. The first-order valence-corrected chi connectivity index (χ1v) is 10.1. The van der Waals surface area contributed by atoms with Gasteiger partial charge in [-0.1, -0.05) is 36.4 Å². The Kier molecular flexibility index (Phi) is 5.20. The predicted molar refractivity (Wildman–Crippen MR) is 111 cm³/mol. The van der Waals surface area contributed by atoms with Crippen molar-refractivity contribution in [3.8, 4) is 5.75 Å². The number of carbonyl (C=O) groups excluding carboxylic acids is 3. The highest BCUT2D eigenvalue weighted by atomic mass is 16.5. The molecule has 1 spiro atoms. The number of carbonyl (C=O) groups is 3. The third kappa shape index (κ3) is 3.30. The van der Waals surface area contributed by atoms with Gasteiger partial charge in [-0.2, -0.15) is 0 Å². The maximum atomic E-state index is 13.5. The number of nitrogens with zero attached hydrogens (tertiary/aromatic N) is 1. The number of ether oxygens (including phenoxy) is 1. The minimum atomic E-state index is -1.12. The third-order valence-corrected chi connectivity index (χ3v) is 5.97. The molecule has 1 fully saturated rings. The highest BCUT2D eigenvalue weighted by molar-refractivity contribution is 6.10. The number of hydrogen-bond acceptors (Lipinski definition) is 4. The minimum absolute atomic E-state index is 0.335. The van der Waals surface area contributed by atoms with E-state index >= 15 is 0 Å². The van der Waals surface area contributed by atoms with E-state index < -0.39 is 17.6 Å². The van der Waals surface area contributed by atoms with E-state index in [4.69, 9.17) is 4.74 Å². The van der Waals surface area contributed by atoms with Crippen molar-refractivity contribution < 1.29 is 19.1 Å². The average Bonchev–Trinajstić information content (AvgIpc) is 3.01. The van der Waals surface area contributed by atoms with Gasteiger partial charge in [0.15, 0.2) is 0 Å². The third-order valence-electron chi connectivity index (χ3n) is 5.97. The number of nitrogens with one attached hydrogen (secondary N) is 2.